The number of thiazole rings is 2. The molecular formula is C18H15N3OS2. The summed E-state index contributed by atoms with van der Waals surface area (Å²) in [6, 6.07) is 11.7. The molecule has 0 unspecified atom stereocenters. The Morgan fingerprint density at radius 3 is 2.71 bits per heavy atom. The predicted molar refractivity (Wildman–Crippen MR) is 101 cm³/mol. The van der Waals surface area contributed by atoms with Crippen molar-refractivity contribution in [3.05, 3.63) is 52.5 Å². The number of hydrogen-bond acceptors (Lipinski definition) is 5. The smallest absolute Gasteiger partial charge is 0.259 e. The van der Waals surface area contributed by atoms with Gasteiger partial charge >= 0.3 is 0 Å². The number of amides is 1. The molecule has 4 aromatic rings. The van der Waals surface area contributed by atoms with E-state index in [0.717, 1.165) is 31.0 Å². The number of hydrogen-bond donors (Lipinski definition) is 0. The largest absolute Gasteiger partial charge is 0.287 e. The summed E-state index contributed by atoms with van der Waals surface area (Å²) >= 11 is 3.19. The maximum Gasteiger partial charge on any atom is 0.259 e. The standard InChI is InChI=1S/C18H15N3OS2/c1-10-5-4-6-12(9-10)17(22)21(3)18-20-13-7-8-14-15(16(13)24-18)19-11(2)23-14/h4-9H,1-3H3. The third kappa shape index (κ3) is 2.48. The molecule has 4 nitrogen and oxygen atoms in total. The molecule has 120 valence electrons. The van der Waals surface area contributed by atoms with Gasteiger partial charge in [0.1, 0.15) is 5.52 Å². The van der Waals surface area contributed by atoms with E-state index in [1.165, 1.54) is 11.3 Å². The predicted octanol–water partition coefficient (Wildman–Crippen LogP) is 4.80. The average molecular weight is 353 g/mol. The zero-order valence-electron chi connectivity index (χ0n) is 13.5. The van der Waals surface area contributed by atoms with Crippen LogP contribution in [0.2, 0.25) is 0 Å². The van der Waals surface area contributed by atoms with Gasteiger partial charge in [0.05, 0.1) is 19.9 Å². The topological polar surface area (TPSA) is 46.1 Å². The molecule has 0 aliphatic carbocycles. The van der Waals surface area contributed by atoms with Crippen molar-refractivity contribution in [1.29, 1.82) is 0 Å². The molecule has 0 spiro atoms. The summed E-state index contributed by atoms with van der Waals surface area (Å²) in [5.41, 5.74) is 3.61. The van der Waals surface area contributed by atoms with Gasteiger partial charge in [0, 0.05) is 12.6 Å². The van der Waals surface area contributed by atoms with Gasteiger partial charge in [0.2, 0.25) is 0 Å². The van der Waals surface area contributed by atoms with Crippen molar-refractivity contribution in [2.24, 2.45) is 0 Å². The van der Waals surface area contributed by atoms with Crippen LogP contribution in [0, 0.1) is 13.8 Å². The summed E-state index contributed by atoms with van der Waals surface area (Å²) in [5.74, 6) is -0.0524. The van der Waals surface area contributed by atoms with Crippen molar-refractivity contribution in [3.8, 4) is 0 Å². The molecule has 0 atom stereocenters. The van der Waals surface area contributed by atoms with Gasteiger partial charge in [-0.3, -0.25) is 9.69 Å². The van der Waals surface area contributed by atoms with Gasteiger partial charge in [-0.05, 0) is 38.1 Å². The van der Waals surface area contributed by atoms with Crippen LogP contribution in [-0.2, 0) is 0 Å². The summed E-state index contributed by atoms with van der Waals surface area (Å²) in [4.78, 5) is 23.6. The second kappa shape index (κ2) is 5.65. The van der Waals surface area contributed by atoms with Crippen molar-refractivity contribution >= 4 is 54.1 Å². The van der Waals surface area contributed by atoms with Crippen LogP contribution in [0.1, 0.15) is 20.9 Å². The van der Waals surface area contributed by atoms with E-state index in [1.54, 1.807) is 23.3 Å². The minimum Gasteiger partial charge on any atom is -0.287 e. The Labute approximate surface area is 147 Å². The number of carbonyl (C=O) groups is 1. The molecule has 0 bridgehead atoms. The molecule has 0 saturated heterocycles. The Morgan fingerprint density at radius 2 is 1.92 bits per heavy atom. The third-order valence-electron chi connectivity index (χ3n) is 3.87. The Balaban J connectivity index is 1.78. The van der Waals surface area contributed by atoms with Crippen LogP contribution in [0.15, 0.2) is 36.4 Å². The van der Waals surface area contributed by atoms with Gasteiger partial charge in [-0.2, -0.15) is 0 Å². The Kier molecular flexibility index (Phi) is 3.58. The van der Waals surface area contributed by atoms with E-state index in [4.69, 9.17) is 0 Å². The maximum atomic E-state index is 12.7. The molecule has 0 N–H and O–H groups in total. The van der Waals surface area contributed by atoms with E-state index in [0.29, 0.717) is 10.7 Å². The first kappa shape index (κ1) is 15.2. The Bertz CT molecular complexity index is 1080. The molecular weight excluding hydrogens is 338 g/mol. The van der Waals surface area contributed by atoms with Gasteiger partial charge in [-0.15, -0.1) is 11.3 Å². The van der Waals surface area contributed by atoms with E-state index < -0.39 is 0 Å². The highest BCUT2D eigenvalue weighted by atomic mass is 32.1. The molecule has 0 fully saturated rings. The van der Waals surface area contributed by atoms with Crippen LogP contribution in [0.25, 0.3) is 20.4 Å². The van der Waals surface area contributed by atoms with Crippen molar-refractivity contribution in [3.63, 3.8) is 0 Å². The second-order valence-corrected chi connectivity index (χ2v) is 7.94. The highest BCUT2D eigenvalue weighted by Crippen LogP contribution is 2.36. The van der Waals surface area contributed by atoms with Gasteiger partial charge in [0.15, 0.2) is 5.13 Å². The minimum atomic E-state index is -0.0524. The van der Waals surface area contributed by atoms with Crippen LogP contribution >= 0.6 is 22.7 Å². The first-order chi connectivity index (χ1) is 11.5. The second-order valence-electron chi connectivity index (χ2n) is 5.72. The lowest BCUT2D eigenvalue weighted by atomic mass is 10.1. The molecule has 24 heavy (non-hydrogen) atoms. The number of benzene rings is 2. The van der Waals surface area contributed by atoms with E-state index >= 15 is 0 Å². The van der Waals surface area contributed by atoms with E-state index in [9.17, 15) is 4.79 Å². The average Bonchev–Trinajstić information content (AvgIpc) is 3.15. The molecule has 0 aliphatic heterocycles. The lowest BCUT2D eigenvalue weighted by Crippen LogP contribution is -2.26. The number of anilines is 1. The molecule has 6 heteroatoms. The highest BCUT2D eigenvalue weighted by Gasteiger charge is 2.19. The molecule has 0 saturated carbocycles. The Hall–Kier alpha value is -2.31. The summed E-state index contributed by atoms with van der Waals surface area (Å²) in [7, 11) is 1.77. The normalized spacial score (nSPS) is 11.3. The SMILES string of the molecule is Cc1cccc(C(=O)N(C)c2nc3ccc4sc(C)nc4c3s2)c1. The molecule has 2 heterocycles. The third-order valence-corrected chi connectivity index (χ3v) is 5.96. The number of aryl methyl sites for hydroxylation is 2. The number of fused-ring (bicyclic) bond motifs is 3. The van der Waals surface area contributed by atoms with E-state index in [-0.39, 0.29) is 5.91 Å². The molecule has 2 aromatic heterocycles. The lowest BCUT2D eigenvalue weighted by Gasteiger charge is -2.13. The summed E-state index contributed by atoms with van der Waals surface area (Å²) in [6.07, 6.45) is 0. The van der Waals surface area contributed by atoms with Crippen LogP contribution in [-0.4, -0.2) is 22.9 Å². The van der Waals surface area contributed by atoms with Crippen molar-refractivity contribution in [2.75, 3.05) is 11.9 Å². The first-order valence-corrected chi connectivity index (χ1v) is 9.17. The zero-order valence-corrected chi connectivity index (χ0v) is 15.2. The molecule has 1 amide bonds. The number of aromatic nitrogens is 2. The molecule has 4 rings (SSSR count). The van der Waals surface area contributed by atoms with Gasteiger partial charge in [-0.1, -0.05) is 29.0 Å². The van der Waals surface area contributed by atoms with E-state index in [1.807, 2.05) is 50.2 Å². The number of rotatable bonds is 2. The zero-order chi connectivity index (χ0) is 16.8. The fourth-order valence-electron chi connectivity index (χ4n) is 2.68. The summed E-state index contributed by atoms with van der Waals surface area (Å²) in [5, 5.41) is 1.73. The monoisotopic (exact) mass is 353 g/mol. The summed E-state index contributed by atoms with van der Waals surface area (Å²) in [6.45, 7) is 3.99. The van der Waals surface area contributed by atoms with Crippen molar-refractivity contribution < 1.29 is 4.79 Å². The first-order valence-electron chi connectivity index (χ1n) is 7.54. The fraction of sp³-hybridized carbons (Fsp3) is 0.167. The van der Waals surface area contributed by atoms with Crippen LogP contribution < -0.4 is 4.90 Å². The Morgan fingerprint density at radius 1 is 1.08 bits per heavy atom. The van der Waals surface area contributed by atoms with Gasteiger partial charge in [0.25, 0.3) is 5.91 Å². The summed E-state index contributed by atoms with van der Waals surface area (Å²) < 4.78 is 2.19. The number of nitrogens with zero attached hydrogens (tertiary/aromatic N) is 3. The number of carbonyl (C=O) groups excluding carboxylic acids is 1. The maximum absolute atomic E-state index is 12.7. The molecule has 0 radical (unpaired) electrons. The highest BCUT2D eigenvalue weighted by molar-refractivity contribution is 7.24. The van der Waals surface area contributed by atoms with Crippen molar-refractivity contribution in [2.45, 2.75) is 13.8 Å². The van der Waals surface area contributed by atoms with Crippen LogP contribution in [0.3, 0.4) is 0 Å². The van der Waals surface area contributed by atoms with Crippen LogP contribution in [0.5, 0.6) is 0 Å². The van der Waals surface area contributed by atoms with Gasteiger partial charge in [-0.25, -0.2) is 9.97 Å². The molecule has 2 aromatic carbocycles. The quantitative estimate of drug-likeness (QED) is 0.520. The lowest BCUT2D eigenvalue weighted by molar-refractivity contribution is 0.0993. The van der Waals surface area contributed by atoms with Crippen LogP contribution in [0.4, 0.5) is 5.13 Å². The van der Waals surface area contributed by atoms with Gasteiger partial charge < -0.3 is 0 Å². The fourth-order valence-corrected chi connectivity index (χ4v) is 4.60. The van der Waals surface area contributed by atoms with Crippen molar-refractivity contribution in [1.82, 2.24) is 9.97 Å². The molecule has 0 aliphatic rings. The minimum absolute atomic E-state index is 0.0524. The van der Waals surface area contributed by atoms with E-state index in [2.05, 4.69) is 9.97 Å².